The molecule has 0 heterocycles. The minimum atomic E-state index is -3.24. The van der Waals surface area contributed by atoms with Gasteiger partial charge in [-0.2, -0.15) is 12.7 Å². The molecule has 0 unspecified atom stereocenters. The van der Waals surface area contributed by atoms with E-state index in [1.165, 1.54) is 36.4 Å². The van der Waals surface area contributed by atoms with Crippen LogP contribution in [0.25, 0.3) is 0 Å². The predicted molar refractivity (Wildman–Crippen MR) is 66.4 cm³/mol. The summed E-state index contributed by atoms with van der Waals surface area (Å²) < 4.78 is 27.9. The lowest BCUT2D eigenvalue weighted by atomic mass is 9.90. The molecule has 0 aromatic heterocycles. The highest BCUT2D eigenvalue weighted by Gasteiger charge is 2.20. The van der Waals surface area contributed by atoms with Crippen LogP contribution in [0, 0.1) is 5.92 Å². The predicted octanol–water partition coefficient (Wildman–Crippen LogP) is 1.74. The van der Waals surface area contributed by atoms with Crippen molar-refractivity contribution in [2.24, 2.45) is 5.92 Å². The Morgan fingerprint density at radius 1 is 1.12 bits per heavy atom. The smallest absolute Gasteiger partial charge is 0.202 e. The fourth-order valence-electron chi connectivity index (χ4n) is 2.27. The van der Waals surface area contributed by atoms with Gasteiger partial charge in [-0.25, -0.2) is 4.72 Å². The Morgan fingerprint density at radius 2 is 1.69 bits per heavy atom. The fraction of sp³-hybridized carbons (Fsp3) is 1.00. The van der Waals surface area contributed by atoms with E-state index < -0.39 is 10.2 Å². The molecule has 0 bridgehead atoms. The minimum absolute atomic E-state index is 0.538. The summed E-state index contributed by atoms with van der Waals surface area (Å²) in [5, 5.41) is 0. The quantitative estimate of drug-likeness (QED) is 0.778. The number of hydrogen-bond acceptors (Lipinski definition) is 2. The summed E-state index contributed by atoms with van der Waals surface area (Å²) in [7, 11) is -3.24. The molecule has 0 aliphatic heterocycles. The first-order valence-electron chi connectivity index (χ1n) is 6.34. The summed E-state index contributed by atoms with van der Waals surface area (Å²) in [5.41, 5.74) is 0. The van der Waals surface area contributed by atoms with Gasteiger partial charge >= 0.3 is 0 Å². The van der Waals surface area contributed by atoms with Gasteiger partial charge in [0, 0.05) is 19.6 Å². The van der Waals surface area contributed by atoms with Gasteiger partial charge in [-0.1, -0.05) is 33.1 Å². The molecular formula is C11H24N2O2S. The lowest BCUT2D eigenvalue weighted by Crippen LogP contribution is -2.42. The van der Waals surface area contributed by atoms with E-state index in [0.29, 0.717) is 25.6 Å². The molecule has 0 amide bonds. The molecule has 16 heavy (non-hydrogen) atoms. The van der Waals surface area contributed by atoms with Crippen molar-refractivity contribution in [3.8, 4) is 0 Å². The van der Waals surface area contributed by atoms with Crippen molar-refractivity contribution in [3.63, 3.8) is 0 Å². The van der Waals surface area contributed by atoms with Gasteiger partial charge in [0.2, 0.25) is 0 Å². The second kappa shape index (κ2) is 6.57. The SMILES string of the molecule is CCN(CC)S(=O)(=O)NCC1CCCCC1. The molecule has 1 fully saturated rings. The third-order valence-corrected chi connectivity index (χ3v) is 5.05. The van der Waals surface area contributed by atoms with Crippen LogP contribution in [0.5, 0.6) is 0 Å². The summed E-state index contributed by atoms with van der Waals surface area (Å²) in [6, 6.07) is 0. The maximum Gasteiger partial charge on any atom is 0.279 e. The van der Waals surface area contributed by atoms with Gasteiger partial charge in [0.05, 0.1) is 0 Å². The summed E-state index contributed by atoms with van der Waals surface area (Å²) in [4.78, 5) is 0. The average molecular weight is 248 g/mol. The Labute approximate surface area is 99.6 Å². The molecular weight excluding hydrogens is 224 g/mol. The molecule has 0 saturated heterocycles. The van der Waals surface area contributed by atoms with Crippen LogP contribution >= 0.6 is 0 Å². The molecule has 1 rings (SSSR count). The van der Waals surface area contributed by atoms with Crippen LogP contribution < -0.4 is 4.72 Å². The topological polar surface area (TPSA) is 49.4 Å². The molecule has 1 aliphatic rings. The van der Waals surface area contributed by atoms with E-state index in [2.05, 4.69) is 4.72 Å². The van der Waals surface area contributed by atoms with Crippen LogP contribution in [0.15, 0.2) is 0 Å². The first kappa shape index (κ1) is 13.9. The van der Waals surface area contributed by atoms with E-state index >= 15 is 0 Å². The number of nitrogens with one attached hydrogen (secondary N) is 1. The molecule has 0 atom stereocenters. The zero-order chi connectivity index (χ0) is 12.0. The Hall–Kier alpha value is -0.130. The monoisotopic (exact) mass is 248 g/mol. The second-order valence-corrected chi connectivity index (χ2v) is 6.20. The van der Waals surface area contributed by atoms with Gasteiger partial charge in [-0.15, -0.1) is 0 Å². The van der Waals surface area contributed by atoms with Crippen LogP contribution in [0.1, 0.15) is 46.0 Å². The van der Waals surface area contributed by atoms with Crippen molar-refractivity contribution in [2.45, 2.75) is 46.0 Å². The molecule has 0 aromatic carbocycles. The largest absolute Gasteiger partial charge is 0.279 e. The summed E-state index contributed by atoms with van der Waals surface area (Å²) in [6.45, 7) is 5.42. The third kappa shape index (κ3) is 4.03. The van der Waals surface area contributed by atoms with Crippen molar-refractivity contribution >= 4 is 10.2 Å². The Morgan fingerprint density at radius 3 is 2.19 bits per heavy atom. The van der Waals surface area contributed by atoms with Gasteiger partial charge < -0.3 is 0 Å². The summed E-state index contributed by atoms with van der Waals surface area (Å²) in [5.74, 6) is 0.541. The van der Waals surface area contributed by atoms with E-state index in [4.69, 9.17) is 0 Å². The molecule has 1 saturated carbocycles. The molecule has 1 aliphatic carbocycles. The highest BCUT2D eigenvalue weighted by molar-refractivity contribution is 7.87. The van der Waals surface area contributed by atoms with Gasteiger partial charge in [-0.05, 0) is 18.8 Å². The number of hydrogen-bond donors (Lipinski definition) is 1. The van der Waals surface area contributed by atoms with Crippen LogP contribution in [0.2, 0.25) is 0 Å². The van der Waals surface area contributed by atoms with E-state index in [-0.39, 0.29) is 0 Å². The van der Waals surface area contributed by atoms with E-state index in [1.54, 1.807) is 0 Å². The molecule has 0 spiro atoms. The lowest BCUT2D eigenvalue weighted by Gasteiger charge is -2.24. The Balaban J connectivity index is 2.40. The Kier molecular flexibility index (Phi) is 5.72. The maximum atomic E-state index is 11.9. The molecule has 1 N–H and O–H groups in total. The Bertz CT molecular complexity index is 280. The van der Waals surface area contributed by atoms with E-state index in [1.807, 2.05) is 13.8 Å². The van der Waals surface area contributed by atoms with Crippen molar-refractivity contribution in [3.05, 3.63) is 0 Å². The molecule has 4 nitrogen and oxygen atoms in total. The lowest BCUT2D eigenvalue weighted by molar-refractivity contribution is 0.351. The van der Waals surface area contributed by atoms with Gasteiger partial charge in [-0.3, -0.25) is 0 Å². The minimum Gasteiger partial charge on any atom is -0.202 e. The highest BCUT2D eigenvalue weighted by atomic mass is 32.2. The number of rotatable bonds is 6. The van der Waals surface area contributed by atoms with E-state index in [9.17, 15) is 8.42 Å². The molecule has 5 heteroatoms. The molecule has 0 aromatic rings. The van der Waals surface area contributed by atoms with Crippen LogP contribution in [-0.4, -0.2) is 32.4 Å². The second-order valence-electron chi connectivity index (χ2n) is 4.44. The zero-order valence-corrected chi connectivity index (χ0v) is 11.2. The molecule has 96 valence electrons. The van der Waals surface area contributed by atoms with Crippen molar-refractivity contribution < 1.29 is 8.42 Å². The van der Waals surface area contributed by atoms with Crippen LogP contribution in [0.4, 0.5) is 0 Å². The average Bonchev–Trinajstić information content (AvgIpc) is 2.29. The molecule has 0 radical (unpaired) electrons. The first-order valence-corrected chi connectivity index (χ1v) is 7.79. The van der Waals surface area contributed by atoms with Crippen molar-refractivity contribution in [1.82, 2.24) is 9.03 Å². The summed E-state index contributed by atoms with van der Waals surface area (Å²) >= 11 is 0. The zero-order valence-electron chi connectivity index (χ0n) is 10.4. The fourth-order valence-corrected chi connectivity index (χ4v) is 3.58. The van der Waals surface area contributed by atoms with Crippen LogP contribution in [0.3, 0.4) is 0 Å². The maximum absolute atomic E-state index is 11.9. The van der Waals surface area contributed by atoms with Crippen molar-refractivity contribution in [2.75, 3.05) is 19.6 Å². The first-order chi connectivity index (χ1) is 7.60. The third-order valence-electron chi connectivity index (χ3n) is 3.32. The van der Waals surface area contributed by atoms with Crippen LogP contribution in [-0.2, 0) is 10.2 Å². The number of nitrogens with zero attached hydrogens (tertiary/aromatic N) is 1. The highest BCUT2D eigenvalue weighted by Crippen LogP contribution is 2.22. The normalized spacial score (nSPS) is 19.2. The van der Waals surface area contributed by atoms with Gasteiger partial charge in [0.1, 0.15) is 0 Å². The van der Waals surface area contributed by atoms with E-state index in [0.717, 1.165) is 0 Å². The summed E-state index contributed by atoms with van der Waals surface area (Å²) in [6.07, 6.45) is 6.14. The van der Waals surface area contributed by atoms with Gasteiger partial charge in [0.25, 0.3) is 10.2 Å². The standard InChI is InChI=1S/C11H24N2O2S/c1-3-13(4-2)16(14,15)12-10-11-8-6-5-7-9-11/h11-12H,3-10H2,1-2H3. The van der Waals surface area contributed by atoms with Gasteiger partial charge in [0.15, 0.2) is 0 Å². The van der Waals surface area contributed by atoms with Crippen molar-refractivity contribution in [1.29, 1.82) is 0 Å².